The van der Waals surface area contributed by atoms with Gasteiger partial charge in [-0.15, -0.1) is 11.3 Å². The number of hydrogen-bond donors (Lipinski definition) is 1. The Morgan fingerprint density at radius 3 is 2.35 bits per heavy atom. The van der Waals surface area contributed by atoms with Gasteiger partial charge in [-0.05, 0) is 36.4 Å². The highest BCUT2D eigenvalue weighted by Crippen LogP contribution is 2.27. The molecule has 6 nitrogen and oxygen atoms in total. The van der Waals surface area contributed by atoms with Crippen LogP contribution in [0.4, 0.5) is 18.3 Å². The Labute approximate surface area is 181 Å². The standard InChI is InChI=1S/C20H18F3N3O3S2/c1-3-26(4-2)31(28,29)18-10-13(6-8-15(18)22)19(27)25-20-24-17(11-30-20)12-5-7-14(21)16(23)9-12/h5-11H,3-4H2,1-2H3,(H,24,25,27). The van der Waals surface area contributed by atoms with E-state index in [0.717, 1.165) is 46.0 Å². The Morgan fingerprint density at radius 2 is 1.71 bits per heavy atom. The zero-order valence-electron chi connectivity index (χ0n) is 16.5. The van der Waals surface area contributed by atoms with Crippen molar-refractivity contribution in [2.75, 3.05) is 18.4 Å². The average molecular weight is 470 g/mol. The number of amides is 1. The molecule has 0 saturated carbocycles. The minimum Gasteiger partial charge on any atom is -0.298 e. The highest BCUT2D eigenvalue weighted by Gasteiger charge is 2.26. The van der Waals surface area contributed by atoms with Crippen LogP contribution in [0.5, 0.6) is 0 Å². The van der Waals surface area contributed by atoms with E-state index in [1.165, 1.54) is 6.07 Å². The average Bonchev–Trinajstić information content (AvgIpc) is 3.19. The molecule has 0 aliphatic carbocycles. The first-order chi connectivity index (χ1) is 14.7. The summed E-state index contributed by atoms with van der Waals surface area (Å²) in [6.07, 6.45) is 0. The molecule has 0 spiro atoms. The maximum Gasteiger partial charge on any atom is 0.257 e. The second kappa shape index (κ2) is 9.16. The molecule has 0 aliphatic heterocycles. The van der Waals surface area contributed by atoms with E-state index < -0.39 is 38.3 Å². The van der Waals surface area contributed by atoms with Crippen molar-refractivity contribution >= 4 is 32.4 Å². The summed E-state index contributed by atoms with van der Waals surface area (Å²) < 4.78 is 67.1. The third-order valence-electron chi connectivity index (χ3n) is 4.46. The van der Waals surface area contributed by atoms with Crippen LogP contribution in [0.2, 0.25) is 0 Å². The van der Waals surface area contributed by atoms with E-state index in [1.54, 1.807) is 19.2 Å². The molecule has 1 aromatic heterocycles. The maximum absolute atomic E-state index is 14.2. The molecule has 0 saturated heterocycles. The number of halogens is 3. The lowest BCUT2D eigenvalue weighted by Crippen LogP contribution is -2.31. The van der Waals surface area contributed by atoms with Gasteiger partial charge in [0.15, 0.2) is 16.8 Å². The lowest BCUT2D eigenvalue weighted by molar-refractivity contribution is 0.102. The van der Waals surface area contributed by atoms with Crippen LogP contribution in [0, 0.1) is 17.5 Å². The van der Waals surface area contributed by atoms with E-state index >= 15 is 0 Å². The fraction of sp³-hybridized carbons (Fsp3) is 0.200. The molecule has 1 heterocycles. The zero-order valence-corrected chi connectivity index (χ0v) is 18.2. The molecule has 0 bridgehead atoms. The minimum atomic E-state index is -4.10. The number of nitrogens with zero attached hydrogens (tertiary/aromatic N) is 2. The first-order valence-electron chi connectivity index (χ1n) is 9.19. The number of anilines is 1. The van der Waals surface area contributed by atoms with Crippen molar-refractivity contribution in [3.05, 3.63) is 64.8 Å². The molecule has 164 valence electrons. The van der Waals surface area contributed by atoms with Gasteiger partial charge in [0.1, 0.15) is 10.7 Å². The Kier molecular flexibility index (Phi) is 6.77. The topological polar surface area (TPSA) is 79.4 Å². The molecule has 31 heavy (non-hydrogen) atoms. The van der Waals surface area contributed by atoms with Crippen LogP contribution in [0.25, 0.3) is 11.3 Å². The summed E-state index contributed by atoms with van der Waals surface area (Å²) in [6, 6.07) is 6.36. The molecule has 0 fully saturated rings. The van der Waals surface area contributed by atoms with Crippen molar-refractivity contribution in [3.8, 4) is 11.3 Å². The van der Waals surface area contributed by atoms with E-state index in [0.29, 0.717) is 11.3 Å². The van der Waals surface area contributed by atoms with Gasteiger partial charge in [-0.25, -0.2) is 26.6 Å². The molecular formula is C20H18F3N3O3S2. The van der Waals surface area contributed by atoms with Crippen LogP contribution in [0.1, 0.15) is 24.2 Å². The van der Waals surface area contributed by atoms with Gasteiger partial charge in [-0.1, -0.05) is 13.8 Å². The van der Waals surface area contributed by atoms with Gasteiger partial charge in [-0.3, -0.25) is 10.1 Å². The SMILES string of the molecule is CCN(CC)S(=O)(=O)c1cc(C(=O)Nc2nc(-c3ccc(F)c(F)c3)cs2)ccc1F. The van der Waals surface area contributed by atoms with Crippen molar-refractivity contribution in [3.63, 3.8) is 0 Å². The second-order valence-electron chi connectivity index (χ2n) is 6.36. The van der Waals surface area contributed by atoms with Crippen molar-refractivity contribution in [2.45, 2.75) is 18.7 Å². The van der Waals surface area contributed by atoms with Gasteiger partial charge < -0.3 is 0 Å². The maximum atomic E-state index is 14.2. The summed E-state index contributed by atoms with van der Waals surface area (Å²) >= 11 is 1.04. The quantitative estimate of drug-likeness (QED) is 0.552. The smallest absolute Gasteiger partial charge is 0.257 e. The third kappa shape index (κ3) is 4.78. The van der Waals surface area contributed by atoms with E-state index in [-0.39, 0.29) is 23.8 Å². The number of aromatic nitrogens is 1. The molecule has 11 heteroatoms. The Balaban J connectivity index is 1.85. The molecule has 3 rings (SSSR count). The van der Waals surface area contributed by atoms with Crippen LogP contribution in [0.15, 0.2) is 46.7 Å². The van der Waals surface area contributed by atoms with Crippen molar-refractivity contribution in [2.24, 2.45) is 0 Å². The molecule has 1 amide bonds. The predicted molar refractivity (Wildman–Crippen MR) is 112 cm³/mol. The van der Waals surface area contributed by atoms with E-state index in [4.69, 9.17) is 0 Å². The fourth-order valence-electron chi connectivity index (χ4n) is 2.83. The number of carbonyl (C=O) groups is 1. The van der Waals surface area contributed by atoms with E-state index in [1.807, 2.05) is 0 Å². The second-order valence-corrected chi connectivity index (χ2v) is 9.12. The lowest BCUT2D eigenvalue weighted by Gasteiger charge is -2.19. The van der Waals surface area contributed by atoms with Crippen LogP contribution in [-0.4, -0.2) is 36.7 Å². The fourth-order valence-corrected chi connectivity index (χ4v) is 5.10. The molecule has 3 aromatic rings. The summed E-state index contributed by atoms with van der Waals surface area (Å²) in [6.45, 7) is 3.56. The molecule has 1 N–H and O–H groups in total. The van der Waals surface area contributed by atoms with Crippen LogP contribution >= 0.6 is 11.3 Å². The number of benzene rings is 2. The highest BCUT2D eigenvalue weighted by atomic mass is 32.2. The van der Waals surface area contributed by atoms with Gasteiger partial charge in [0.05, 0.1) is 5.69 Å². The normalized spacial score (nSPS) is 11.7. The summed E-state index contributed by atoms with van der Waals surface area (Å²) in [5, 5.41) is 4.20. The first-order valence-corrected chi connectivity index (χ1v) is 11.5. The largest absolute Gasteiger partial charge is 0.298 e. The summed E-state index contributed by atoms with van der Waals surface area (Å²) in [5.41, 5.74) is 0.574. The highest BCUT2D eigenvalue weighted by molar-refractivity contribution is 7.89. The number of sulfonamides is 1. The monoisotopic (exact) mass is 469 g/mol. The summed E-state index contributed by atoms with van der Waals surface area (Å²) in [7, 11) is -4.10. The van der Waals surface area contributed by atoms with Gasteiger partial charge in [0.25, 0.3) is 5.91 Å². The van der Waals surface area contributed by atoms with E-state index in [9.17, 15) is 26.4 Å². The van der Waals surface area contributed by atoms with Gasteiger partial charge in [0, 0.05) is 29.6 Å². The first kappa shape index (κ1) is 22.9. The number of rotatable bonds is 7. The van der Waals surface area contributed by atoms with Crippen molar-refractivity contribution in [1.82, 2.24) is 9.29 Å². The molecular weight excluding hydrogens is 451 g/mol. The third-order valence-corrected chi connectivity index (χ3v) is 7.28. The number of carbonyl (C=O) groups excluding carboxylic acids is 1. The van der Waals surface area contributed by atoms with Crippen molar-refractivity contribution in [1.29, 1.82) is 0 Å². The summed E-state index contributed by atoms with van der Waals surface area (Å²) in [4.78, 5) is 16.1. The summed E-state index contributed by atoms with van der Waals surface area (Å²) in [5.74, 6) is -3.66. The van der Waals surface area contributed by atoms with Gasteiger partial charge in [0.2, 0.25) is 10.0 Å². The number of hydrogen-bond acceptors (Lipinski definition) is 5. The zero-order chi connectivity index (χ0) is 22.8. The lowest BCUT2D eigenvalue weighted by atomic mass is 10.2. The Bertz CT molecular complexity index is 1230. The molecule has 0 aliphatic rings. The Hall–Kier alpha value is -2.76. The molecule has 0 radical (unpaired) electrons. The van der Waals surface area contributed by atoms with Crippen LogP contribution in [-0.2, 0) is 10.0 Å². The van der Waals surface area contributed by atoms with Crippen LogP contribution < -0.4 is 5.32 Å². The molecule has 0 unspecified atom stereocenters. The number of thiazole rings is 1. The Morgan fingerprint density at radius 1 is 1.03 bits per heavy atom. The van der Waals surface area contributed by atoms with Gasteiger partial charge in [-0.2, -0.15) is 4.31 Å². The molecule has 2 aromatic carbocycles. The van der Waals surface area contributed by atoms with Gasteiger partial charge >= 0.3 is 0 Å². The van der Waals surface area contributed by atoms with E-state index in [2.05, 4.69) is 10.3 Å². The molecule has 0 atom stereocenters. The van der Waals surface area contributed by atoms with Crippen LogP contribution in [0.3, 0.4) is 0 Å². The minimum absolute atomic E-state index is 0.0725. The number of nitrogens with one attached hydrogen (secondary N) is 1. The van der Waals surface area contributed by atoms with Crippen molar-refractivity contribution < 1.29 is 26.4 Å². The predicted octanol–water partition coefficient (Wildman–Crippen LogP) is 4.51.